The van der Waals surface area contributed by atoms with E-state index in [0.29, 0.717) is 12.5 Å². The van der Waals surface area contributed by atoms with Gasteiger partial charge in [-0.15, -0.1) is 10.2 Å². The third-order valence-corrected chi connectivity index (χ3v) is 5.61. The van der Waals surface area contributed by atoms with Crippen LogP contribution >= 0.6 is 11.3 Å². The summed E-state index contributed by atoms with van der Waals surface area (Å²) in [6.07, 6.45) is 4.81. The Hall–Kier alpha value is -1.53. The number of piperidine rings is 1. The molecule has 1 aliphatic heterocycles. The highest BCUT2D eigenvalue weighted by molar-refractivity contribution is 7.15. The number of nitrogens with zero attached hydrogens (tertiary/aromatic N) is 3. The number of hydrogen-bond donors (Lipinski definition) is 0. The number of ether oxygens (including phenoxy) is 1. The molecule has 0 spiro atoms. The molecule has 0 bridgehead atoms. The maximum Gasteiger partial charge on any atom is 0.208 e. The van der Waals surface area contributed by atoms with Crippen molar-refractivity contribution in [2.24, 2.45) is 0 Å². The van der Waals surface area contributed by atoms with Crippen LogP contribution in [0.5, 0.6) is 0 Å². The molecule has 0 N–H and O–H groups in total. The smallest absolute Gasteiger partial charge is 0.208 e. The molecule has 6 heteroatoms. The second kappa shape index (κ2) is 6.53. The Balaban J connectivity index is 1.26. The summed E-state index contributed by atoms with van der Waals surface area (Å²) in [5.74, 6) is 0.475. The van der Waals surface area contributed by atoms with Gasteiger partial charge in [0.2, 0.25) is 5.13 Å². The highest BCUT2D eigenvalue weighted by Gasteiger charge is 2.29. The zero-order chi connectivity index (χ0) is 15.6. The van der Waals surface area contributed by atoms with E-state index in [0.717, 1.165) is 36.6 Å². The van der Waals surface area contributed by atoms with E-state index in [1.54, 1.807) is 23.5 Å². The molecule has 1 aromatic carbocycles. The molecule has 4 nitrogen and oxygen atoms in total. The normalized spacial score (nSPS) is 19.3. The molecule has 0 atom stereocenters. The van der Waals surface area contributed by atoms with E-state index in [-0.39, 0.29) is 11.9 Å². The van der Waals surface area contributed by atoms with Crippen molar-refractivity contribution in [1.82, 2.24) is 10.2 Å². The molecule has 1 saturated carbocycles. The van der Waals surface area contributed by atoms with Crippen LogP contribution in [0.2, 0.25) is 0 Å². The summed E-state index contributed by atoms with van der Waals surface area (Å²) in [5, 5.41) is 10.9. The van der Waals surface area contributed by atoms with Gasteiger partial charge in [0, 0.05) is 19.0 Å². The summed E-state index contributed by atoms with van der Waals surface area (Å²) in [7, 11) is 0. The molecule has 4 rings (SSSR count). The molecule has 122 valence electrons. The van der Waals surface area contributed by atoms with Gasteiger partial charge in [-0.1, -0.05) is 23.5 Å². The molecule has 1 aliphatic carbocycles. The Morgan fingerprint density at radius 3 is 2.52 bits per heavy atom. The van der Waals surface area contributed by atoms with E-state index in [9.17, 15) is 4.39 Å². The lowest BCUT2D eigenvalue weighted by Crippen LogP contribution is -2.36. The van der Waals surface area contributed by atoms with Crippen molar-refractivity contribution >= 4 is 16.5 Å². The van der Waals surface area contributed by atoms with Crippen LogP contribution in [0.4, 0.5) is 9.52 Å². The Morgan fingerprint density at radius 2 is 1.83 bits per heavy atom. The highest BCUT2D eigenvalue weighted by Crippen LogP contribution is 2.42. The summed E-state index contributed by atoms with van der Waals surface area (Å²) >= 11 is 1.75. The van der Waals surface area contributed by atoms with E-state index in [1.807, 2.05) is 0 Å². The van der Waals surface area contributed by atoms with Crippen LogP contribution < -0.4 is 4.90 Å². The number of anilines is 1. The maximum atomic E-state index is 12.9. The van der Waals surface area contributed by atoms with Crippen LogP contribution in [0.15, 0.2) is 24.3 Å². The number of halogens is 1. The Morgan fingerprint density at radius 1 is 1.09 bits per heavy atom. The van der Waals surface area contributed by atoms with Crippen LogP contribution in [0.25, 0.3) is 0 Å². The molecule has 2 heterocycles. The number of hydrogen-bond acceptors (Lipinski definition) is 5. The van der Waals surface area contributed by atoms with Gasteiger partial charge in [-0.05, 0) is 43.4 Å². The SMILES string of the molecule is Fc1ccc(COC2CCN(c3nnc(C4CC4)s3)CC2)cc1. The highest BCUT2D eigenvalue weighted by atomic mass is 32.1. The fourth-order valence-corrected chi connectivity index (χ4v) is 3.92. The average Bonchev–Trinajstić information content (AvgIpc) is 3.32. The van der Waals surface area contributed by atoms with Crippen molar-refractivity contribution in [3.05, 3.63) is 40.7 Å². The first-order valence-corrected chi connectivity index (χ1v) is 9.04. The molecule has 1 aromatic heterocycles. The molecule has 2 aromatic rings. The Bertz CT molecular complexity index is 648. The molecule has 2 aliphatic rings. The summed E-state index contributed by atoms with van der Waals surface area (Å²) in [5.41, 5.74) is 1.02. The second-order valence-corrected chi connectivity index (χ2v) is 7.31. The largest absolute Gasteiger partial charge is 0.373 e. The van der Waals surface area contributed by atoms with Gasteiger partial charge in [0.15, 0.2) is 0 Å². The predicted molar refractivity (Wildman–Crippen MR) is 88.3 cm³/mol. The molecular formula is C17H20FN3OS. The van der Waals surface area contributed by atoms with Gasteiger partial charge in [0.25, 0.3) is 0 Å². The average molecular weight is 333 g/mol. The number of rotatable bonds is 5. The van der Waals surface area contributed by atoms with Gasteiger partial charge in [-0.2, -0.15) is 0 Å². The van der Waals surface area contributed by atoms with Crippen LogP contribution in [0.1, 0.15) is 42.2 Å². The maximum absolute atomic E-state index is 12.9. The quantitative estimate of drug-likeness (QED) is 0.835. The molecule has 1 saturated heterocycles. The van der Waals surface area contributed by atoms with Crippen molar-refractivity contribution in [3.63, 3.8) is 0 Å². The van der Waals surface area contributed by atoms with Crippen molar-refractivity contribution in [2.75, 3.05) is 18.0 Å². The first-order valence-electron chi connectivity index (χ1n) is 8.22. The Kier molecular flexibility index (Phi) is 4.27. The van der Waals surface area contributed by atoms with Crippen LogP contribution in [0, 0.1) is 5.82 Å². The summed E-state index contributed by atoms with van der Waals surface area (Å²) in [6, 6.07) is 6.53. The molecule has 2 fully saturated rings. The van der Waals surface area contributed by atoms with Crippen molar-refractivity contribution in [2.45, 2.75) is 44.3 Å². The van der Waals surface area contributed by atoms with Gasteiger partial charge in [0.1, 0.15) is 10.8 Å². The molecule has 0 amide bonds. The topological polar surface area (TPSA) is 38.2 Å². The molecule has 0 radical (unpaired) electrons. The third-order valence-electron chi connectivity index (χ3n) is 4.47. The van der Waals surface area contributed by atoms with Crippen molar-refractivity contribution in [1.29, 1.82) is 0 Å². The Labute approximate surface area is 139 Å². The van der Waals surface area contributed by atoms with Crippen molar-refractivity contribution < 1.29 is 9.13 Å². The van der Waals surface area contributed by atoms with Crippen LogP contribution in [0.3, 0.4) is 0 Å². The first kappa shape index (κ1) is 15.0. The van der Waals surface area contributed by atoms with Gasteiger partial charge < -0.3 is 9.64 Å². The standard InChI is InChI=1S/C17H20FN3OS/c18-14-5-1-12(2-6-14)11-22-15-7-9-21(10-8-15)17-20-19-16(23-17)13-3-4-13/h1-2,5-6,13,15H,3-4,7-11H2. The van der Waals surface area contributed by atoms with Crippen LogP contribution in [-0.4, -0.2) is 29.4 Å². The second-order valence-electron chi connectivity index (χ2n) is 6.32. The minimum absolute atomic E-state index is 0.204. The van der Waals surface area contributed by atoms with Gasteiger partial charge in [-0.3, -0.25) is 0 Å². The predicted octanol–water partition coefficient (Wildman–Crippen LogP) is 3.74. The molecule has 0 unspecified atom stereocenters. The lowest BCUT2D eigenvalue weighted by atomic mass is 10.1. The fourth-order valence-electron chi connectivity index (χ4n) is 2.86. The zero-order valence-electron chi connectivity index (χ0n) is 12.9. The molecular weight excluding hydrogens is 313 g/mol. The summed E-state index contributed by atoms with van der Waals surface area (Å²) in [4.78, 5) is 2.32. The van der Waals surface area contributed by atoms with E-state index >= 15 is 0 Å². The molecule has 23 heavy (non-hydrogen) atoms. The minimum Gasteiger partial charge on any atom is -0.373 e. The minimum atomic E-state index is -0.204. The van der Waals surface area contributed by atoms with Crippen molar-refractivity contribution in [3.8, 4) is 0 Å². The first-order chi connectivity index (χ1) is 11.3. The number of aromatic nitrogens is 2. The van der Waals surface area contributed by atoms with Gasteiger partial charge >= 0.3 is 0 Å². The zero-order valence-corrected chi connectivity index (χ0v) is 13.8. The van der Waals surface area contributed by atoms with E-state index in [4.69, 9.17) is 4.74 Å². The summed E-state index contributed by atoms with van der Waals surface area (Å²) in [6.45, 7) is 2.48. The van der Waals surface area contributed by atoms with E-state index < -0.39 is 0 Å². The summed E-state index contributed by atoms with van der Waals surface area (Å²) < 4.78 is 18.8. The van der Waals surface area contributed by atoms with Crippen LogP contribution in [-0.2, 0) is 11.3 Å². The van der Waals surface area contributed by atoms with E-state index in [2.05, 4.69) is 15.1 Å². The lowest BCUT2D eigenvalue weighted by Gasteiger charge is -2.31. The third kappa shape index (κ3) is 3.70. The van der Waals surface area contributed by atoms with E-state index in [1.165, 1.54) is 30.0 Å². The lowest BCUT2D eigenvalue weighted by molar-refractivity contribution is 0.0251. The fraction of sp³-hybridized carbons (Fsp3) is 0.529. The monoisotopic (exact) mass is 333 g/mol. The van der Waals surface area contributed by atoms with Gasteiger partial charge in [0.05, 0.1) is 12.7 Å². The van der Waals surface area contributed by atoms with Gasteiger partial charge in [-0.25, -0.2) is 4.39 Å². The number of benzene rings is 1.